The van der Waals surface area contributed by atoms with Crippen molar-refractivity contribution in [3.63, 3.8) is 0 Å². The monoisotopic (exact) mass is 395 g/mol. The Morgan fingerprint density at radius 1 is 0.867 bits per heavy atom. The molecule has 4 aromatic rings. The van der Waals surface area contributed by atoms with Gasteiger partial charge in [0.2, 0.25) is 0 Å². The first-order valence-electron chi connectivity index (χ1n) is 9.69. The van der Waals surface area contributed by atoms with Gasteiger partial charge in [0.05, 0.1) is 5.69 Å². The first-order chi connectivity index (χ1) is 14.8. The molecule has 2 aromatic heterocycles. The highest BCUT2D eigenvalue weighted by Gasteiger charge is 2.10. The second-order valence-electron chi connectivity index (χ2n) is 6.73. The van der Waals surface area contributed by atoms with Crippen LogP contribution in [0.3, 0.4) is 0 Å². The molecule has 0 saturated carbocycles. The standard InChI is InChI=1S/C25H21N3O2/c29-25(21-8-4-10-23(16-21)30-18-19-6-2-1-3-7-19)28-17-22-9-5-13-27-24(22)20-11-14-26-15-12-20/h1-16H,17-18H2,(H,28,29). The fraction of sp³-hybridized carbons (Fsp3) is 0.0800. The third kappa shape index (κ3) is 4.89. The second-order valence-corrected chi connectivity index (χ2v) is 6.73. The lowest BCUT2D eigenvalue weighted by Crippen LogP contribution is -2.23. The molecule has 0 radical (unpaired) electrons. The van der Waals surface area contributed by atoms with Gasteiger partial charge >= 0.3 is 0 Å². The molecule has 30 heavy (non-hydrogen) atoms. The zero-order chi connectivity index (χ0) is 20.6. The number of benzene rings is 2. The molecule has 0 bridgehead atoms. The zero-order valence-corrected chi connectivity index (χ0v) is 16.4. The fourth-order valence-corrected chi connectivity index (χ4v) is 3.10. The van der Waals surface area contributed by atoms with E-state index in [4.69, 9.17) is 4.74 Å². The Labute approximate surface area is 175 Å². The number of rotatable bonds is 7. The number of hydrogen-bond donors (Lipinski definition) is 1. The molecule has 0 spiro atoms. The minimum atomic E-state index is -0.162. The Kier molecular flexibility index (Phi) is 6.11. The quantitative estimate of drug-likeness (QED) is 0.495. The summed E-state index contributed by atoms with van der Waals surface area (Å²) in [5.74, 6) is 0.495. The lowest BCUT2D eigenvalue weighted by molar-refractivity contribution is 0.0950. The normalized spacial score (nSPS) is 10.4. The predicted molar refractivity (Wildman–Crippen MR) is 116 cm³/mol. The summed E-state index contributed by atoms with van der Waals surface area (Å²) in [5, 5.41) is 2.98. The highest BCUT2D eigenvalue weighted by atomic mass is 16.5. The van der Waals surface area contributed by atoms with Crippen LogP contribution in [0.15, 0.2) is 97.5 Å². The first-order valence-corrected chi connectivity index (χ1v) is 9.69. The molecule has 5 heteroatoms. The SMILES string of the molecule is O=C(NCc1cccnc1-c1ccncc1)c1cccc(OCc2ccccc2)c1. The molecule has 0 aliphatic heterocycles. The average molecular weight is 395 g/mol. The van der Waals surface area contributed by atoms with Gasteiger partial charge in [-0.2, -0.15) is 0 Å². The van der Waals surface area contributed by atoms with Gasteiger partial charge < -0.3 is 10.1 Å². The van der Waals surface area contributed by atoms with E-state index in [2.05, 4.69) is 15.3 Å². The fourth-order valence-electron chi connectivity index (χ4n) is 3.10. The maximum Gasteiger partial charge on any atom is 0.251 e. The summed E-state index contributed by atoms with van der Waals surface area (Å²) in [5.41, 5.74) is 4.36. The summed E-state index contributed by atoms with van der Waals surface area (Å²) >= 11 is 0. The maximum absolute atomic E-state index is 12.7. The van der Waals surface area contributed by atoms with E-state index >= 15 is 0 Å². The number of nitrogens with zero attached hydrogens (tertiary/aromatic N) is 2. The second kappa shape index (κ2) is 9.47. The molecule has 2 aromatic carbocycles. The molecular formula is C25H21N3O2. The Hall–Kier alpha value is -3.99. The molecule has 0 fully saturated rings. The van der Waals surface area contributed by atoms with Crippen molar-refractivity contribution < 1.29 is 9.53 Å². The Balaban J connectivity index is 1.42. The van der Waals surface area contributed by atoms with Crippen LogP contribution in [-0.4, -0.2) is 15.9 Å². The van der Waals surface area contributed by atoms with Crippen LogP contribution in [0.5, 0.6) is 5.75 Å². The number of carbonyl (C=O) groups is 1. The summed E-state index contributed by atoms with van der Waals surface area (Å²) in [6.07, 6.45) is 5.20. The number of aromatic nitrogens is 2. The number of amides is 1. The average Bonchev–Trinajstić information content (AvgIpc) is 2.83. The first kappa shape index (κ1) is 19.3. The van der Waals surface area contributed by atoms with E-state index < -0.39 is 0 Å². The van der Waals surface area contributed by atoms with E-state index in [1.807, 2.05) is 66.7 Å². The van der Waals surface area contributed by atoms with Crippen LogP contribution >= 0.6 is 0 Å². The van der Waals surface area contributed by atoms with Crippen molar-refractivity contribution in [1.29, 1.82) is 0 Å². The minimum Gasteiger partial charge on any atom is -0.489 e. The van der Waals surface area contributed by atoms with Crippen molar-refractivity contribution in [2.24, 2.45) is 0 Å². The molecule has 0 atom stereocenters. The number of hydrogen-bond acceptors (Lipinski definition) is 4. The third-order valence-corrected chi connectivity index (χ3v) is 4.63. The Morgan fingerprint density at radius 2 is 1.70 bits per heavy atom. The van der Waals surface area contributed by atoms with E-state index in [1.165, 1.54) is 0 Å². The molecule has 1 amide bonds. The third-order valence-electron chi connectivity index (χ3n) is 4.63. The van der Waals surface area contributed by atoms with Crippen LogP contribution in [-0.2, 0) is 13.2 Å². The highest BCUT2D eigenvalue weighted by Crippen LogP contribution is 2.20. The van der Waals surface area contributed by atoms with Gasteiger partial charge in [-0.25, -0.2) is 0 Å². The molecule has 0 unspecified atom stereocenters. The van der Waals surface area contributed by atoms with Crippen LogP contribution in [0.25, 0.3) is 11.3 Å². The molecule has 2 heterocycles. The molecule has 1 N–H and O–H groups in total. The van der Waals surface area contributed by atoms with Crippen molar-refractivity contribution in [2.45, 2.75) is 13.2 Å². The van der Waals surface area contributed by atoms with Crippen LogP contribution in [0.1, 0.15) is 21.5 Å². The van der Waals surface area contributed by atoms with Crippen LogP contribution in [0.4, 0.5) is 0 Å². The van der Waals surface area contributed by atoms with Crippen molar-refractivity contribution in [3.05, 3.63) is 114 Å². The summed E-state index contributed by atoms with van der Waals surface area (Å²) in [6, 6.07) is 24.8. The van der Waals surface area contributed by atoms with Gasteiger partial charge in [-0.05, 0) is 47.5 Å². The van der Waals surface area contributed by atoms with Gasteiger partial charge in [0.15, 0.2) is 0 Å². The van der Waals surface area contributed by atoms with Crippen molar-refractivity contribution in [2.75, 3.05) is 0 Å². The van der Waals surface area contributed by atoms with E-state index in [9.17, 15) is 4.79 Å². The van der Waals surface area contributed by atoms with Crippen molar-refractivity contribution in [3.8, 4) is 17.0 Å². The van der Waals surface area contributed by atoms with Gasteiger partial charge in [0.25, 0.3) is 5.91 Å². The summed E-state index contributed by atoms with van der Waals surface area (Å²) in [7, 11) is 0. The molecule has 0 aliphatic carbocycles. The topological polar surface area (TPSA) is 64.1 Å². The molecule has 148 valence electrons. The van der Waals surface area contributed by atoms with Crippen LogP contribution in [0.2, 0.25) is 0 Å². The Morgan fingerprint density at radius 3 is 2.53 bits per heavy atom. The van der Waals surface area contributed by atoms with Gasteiger partial charge in [0, 0.05) is 36.3 Å². The van der Waals surface area contributed by atoms with Gasteiger partial charge in [-0.3, -0.25) is 14.8 Å². The lowest BCUT2D eigenvalue weighted by Gasteiger charge is -2.11. The van der Waals surface area contributed by atoms with Crippen molar-refractivity contribution in [1.82, 2.24) is 15.3 Å². The van der Waals surface area contributed by atoms with Gasteiger partial charge in [-0.15, -0.1) is 0 Å². The highest BCUT2D eigenvalue weighted by molar-refractivity contribution is 5.94. The molecular weight excluding hydrogens is 374 g/mol. The molecule has 0 saturated heterocycles. The van der Waals surface area contributed by atoms with Crippen LogP contribution in [0, 0.1) is 0 Å². The lowest BCUT2D eigenvalue weighted by atomic mass is 10.1. The van der Waals surface area contributed by atoms with Crippen molar-refractivity contribution >= 4 is 5.91 Å². The summed E-state index contributed by atoms with van der Waals surface area (Å²) < 4.78 is 5.83. The zero-order valence-electron chi connectivity index (χ0n) is 16.4. The summed E-state index contributed by atoms with van der Waals surface area (Å²) in [4.78, 5) is 21.2. The van der Waals surface area contributed by atoms with Gasteiger partial charge in [-0.1, -0.05) is 42.5 Å². The molecule has 0 aliphatic rings. The Bertz CT molecular complexity index is 1120. The maximum atomic E-state index is 12.7. The minimum absolute atomic E-state index is 0.162. The number of nitrogens with one attached hydrogen (secondary N) is 1. The van der Waals surface area contributed by atoms with E-state index in [-0.39, 0.29) is 5.91 Å². The summed E-state index contributed by atoms with van der Waals surface area (Å²) in [6.45, 7) is 0.830. The largest absolute Gasteiger partial charge is 0.489 e. The van der Waals surface area contributed by atoms with E-state index in [1.54, 1.807) is 30.7 Å². The number of pyridine rings is 2. The number of carbonyl (C=O) groups excluding carboxylic acids is 1. The molecule has 4 rings (SSSR count). The van der Waals surface area contributed by atoms with Gasteiger partial charge in [0.1, 0.15) is 12.4 Å². The van der Waals surface area contributed by atoms with Crippen LogP contribution < -0.4 is 10.1 Å². The smallest absolute Gasteiger partial charge is 0.251 e. The number of ether oxygens (including phenoxy) is 1. The molecule has 5 nitrogen and oxygen atoms in total. The predicted octanol–water partition coefficient (Wildman–Crippen LogP) is 4.65. The van der Waals surface area contributed by atoms with E-state index in [0.717, 1.165) is 22.4 Å². The van der Waals surface area contributed by atoms with E-state index in [0.29, 0.717) is 24.5 Å².